The van der Waals surface area contributed by atoms with E-state index in [1.165, 1.54) is 19.4 Å². The molecule has 0 radical (unpaired) electrons. The lowest BCUT2D eigenvalue weighted by Crippen LogP contribution is -2.32. The first-order valence-corrected chi connectivity index (χ1v) is 9.49. The fraction of sp³-hybridized carbons (Fsp3) is 0.533. The summed E-state index contributed by atoms with van der Waals surface area (Å²) in [5.74, 6) is 2.82. The summed E-state index contributed by atoms with van der Waals surface area (Å²) in [6, 6.07) is 0.420. The number of hydrogen-bond donors (Lipinski definition) is 3. The van der Waals surface area contributed by atoms with E-state index in [-0.39, 0.29) is 0 Å². The third-order valence-electron chi connectivity index (χ3n) is 4.85. The van der Waals surface area contributed by atoms with Gasteiger partial charge in [-0.15, -0.1) is 0 Å². The number of nitrogens with one attached hydrogen (secondary N) is 3. The Hall–Kier alpha value is -1.13. The van der Waals surface area contributed by atoms with Gasteiger partial charge in [-0.2, -0.15) is 10.1 Å². The second kappa shape index (κ2) is 7.01. The van der Waals surface area contributed by atoms with Crippen molar-refractivity contribution in [2.75, 3.05) is 23.7 Å². The zero-order chi connectivity index (χ0) is 16.5. The van der Waals surface area contributed by atoms with Crippen LogP contribution in [-0.4, -0.2) is 37.1 Å². The predicted octanol–water partition coefficient (Wildman–Crippen LogP) is 3.07. The number of aromatic nitrogens is 4. The van der Waals surface area contributed by atoms with Crippen molar-refractivity contribution in [3.63, 3.8) is 0 Å². The van der Waals surface area contributed by atoms with E-state index in [0.717, 1.165) is 30.5 Å². The standard InChI is InChI=1S/C15H19ClIN7/c16-13-7-19-15(22-12-6-20-24(17)8-12)23-14(13)21-11-2-1-9-4-18-5-10(9)3-11/h6-11,18H,1-5H2,(H2,19,21,22,23). The van der Waals surface area contributed by atoms with Gasteiger partial charge in [0.05, 0.1) is 47.1 Å². The van der Waals surface area contributed by atoms with Crippen LogP contribution in [0.2, 0.25) is 5.02 Å². The zero-order valence-electron chi connectivity index (χ0n) is 13.0. The van der Waals surface area contributed by atoms with Crippen LogP contribution >= 0.6 is 34.5 Å². The van der Waals surface area contributed by atoms with E-state index < -0.39 is 0 Å². The molecule has 3 unspecified atom stereocenters. The molecule has 0 aromatic carbocycles. The van der Waals surface area contributed by atoms with Gasteiger partial charge in [0.25, 0.3) is 0 Å². The minimum Gasteiger partial charge on any atom is -0.366 e. The van der Waals surface area contributed by atoms with E-state index in [4.69, 9.17) is 11.6 Å². The van der Waals surface area contributed by atoms with Crippen molar-refractivity contribution in [2.24, 2.45) is 11.8 Å². The van der Waals surface area contributed by atoms with Crippen LogP contribution in [0.15, 0.2) is 18.6 Å². The van der Waals surface area contributed by atoms with Crippen LogP contribution in [-0.2, 0) is 0 Å². The van der Waals surface area contributed by atoms with E-state index in [9.17, 15) is 0 Å². The average Bonchev–Trinajstić information content (AvgIpc) is 3.19. The molecule has 0 bridgehead atoms. The molecule has 1 saturated heterocycles. The summed E-state index contributed by atoms with van der Waals surface area (Å²) in [6.07, 6.45) is 8.82. The van der Waals surface area contributed by atoms with Gasteiger partial charge in [0.1, 0.15) is 5.02 Å². The first-order valence-electron chi connectivity index (χ1n) is 8.15. The van der Waals surface area contributed by atoms with Crippen LogP contribution in [0.25, 0.3) is 0 Å². The molecular weight excluding hydrogens is 441 g/mol. The molecule has 2 aromatic rings. The van der Waals surface area contributed by atoms with Crippen molar-refractivity contribution in [1.82, 2.24) is 23.3 Å². The van der Waals surface area contributed by atoms with Crippen LogP contribution in [0.4, 0.5) is 17.5 Å². The fourth-order valence-corrected chi connectivity index (χ4v) is 4.22. The molecule has 24 heavy (non-hydrogen) atoms. The Morgan fingerprint density at radius 1 is 1.25 bits per heavy atom. The Bertz CT molecular complexity index is 722. The number of rotatable bonds is 4. The van der Waals surface area contributed by atoms with Gasteiger partial charge in [-0.1, -0.05) is 11.6 Å². The molecule has 1 aliphatic carbocycles. The van der Waals surface area contributed by atoms with E-state index in [0.29, 0.717) is 22.8 Å². The maximum absolute atomic E-state index is 6.29. The van der Waals surface area contributed by atoms with Gasteiger partial charge in [0.15, 0.2) is 5.82 Å². The molecule has 4 rings (SSSR count). The van der Waals surface area contributed by atoms with Crippen LogP contribution in [0.3, 0.4) is 0 Å². The van der Waals surface area contributed by atoms with Crippen LogP contribution in [0.1, 0.15) is 19.3 Å². The van der Waals surface area contributed by atoms with Gasteiger partial charge in [0.2, 0.25) is 5.95 Å². The second-order valence-electron chi connectivity index (χ2n) is 6.47. The highest BCUT2D eigenvalue weighted by Gasteiger charge is 2.33. The molecule has 2 aromatic heterocycles. The van der Waals surface area contributed by atoms with Gasteiger partial charge in [-0.25, -0.2) is 7.88 Å². The van der Waals surface area contributed by atoms with Crippen LogP contribution < -0.4 is 16.0 Å². The Morgan fingerprint density at radius 2 is 2.12 bits per heavy atom. The number of nitrogens with zero attached hydrogens (tertiary/aromatic N) is 4. The number of anilines is 3. The maximum atomic E-state index is 6.29. The smallest absolute Gasteiger partial charge is 0.229 e. The Balaban J connectivity index is 1.45. The zero-order valence-corrected chi connectivity index (χ0v) is 16.0. The first kappa shape index (κ1) is 16.3. The fourth-order valence-electron chi connectivity index (χ4n) is 3.65. The number of halogens is 2. The van der Waals surface area contributed by atoms with Crippen molar-refractivity contribution in [3.8, 4) is 0 Å². The van der Waals surface area contributed by atoms with Gasteiger partial charge in [-0.3, -0.25) is 0 Å². The van der Waals surface area contributed by atoms with Crippen LogP contribution in [0, 0.1) is 11.8 Å². The summed E-state index contributed by atoms with van der Waals surface area (Å²) in [5.41, 5.74) is 0.843. The highest BCUT2D eigenvalue weighted by Crippen LogP contribution is 2.34. The molecule has 0 spiro atoms. The monoisotopic (exact) mass is 459 g/mol. The Morgan fingerprint density at radius 3 is 2.96 bits per heavy atom. The Labute approximate surface area is 159 Å². The minimum absolute atomic E-state index is 0.420. The molecule has 1 aliphatic heterocycles. The Kier molecular flexibility index (Phi) is 4.77. The number of fused-ring (bicyclic) bond motifs is 1. The SMILES string of the molecule is Clc1cnc(Nc2cnn(I)c2)nc1NC1CCC2CNCC2C1. The van der Waals surface area contributed by atoms with Crippen molar-refractivity contribution < 1.29 is 0 Å². The van der Waals surface area contributed by atoms with E-state index in [1.54, 1.807) is 15.3 Å². The molecule has 3 heterocycles. The van der Waals surface area contributed by atoms with Gasteiger partial charge >= 0.3 is 0 Å². The third-order valence-corrected chi connectivity index (χ3v) is 5.65. The lowest BCUT2D eigenvalue weighted by molar-refractivity contribution is 0.281. The van der Waals surface area contributed by atoms with Crippen molar-refractivity contribution in [3.05, 3.63) is 23.6 Å². The van der Waals surface area contributed by atoms with Gasteiger partial charge in [-0.05, 0) is 44.2 Å². The summed E-state index contributed by atoms with van der Waals surface area (Å²) in [4.78, 5) is 8.78. The van der Waals surface area contributed by atoms with E-state index in [2.05, 4.69) is 53.9 Å². The summed E-state index contributed by atoms with van der Waals surface area (Å²) in [5, 5.41) is 14.8. The average molecular weight is 460 g/mol. The van der Waals surface area contributed by atoms with Crippen molar-refractivity contribution in [1.29, 1.82) is 0 Å². The molecule has 2 fully saturated rings. The highest BCUT2D eigenvalue weighted by atomic mass is 127. The predicted molar refractivity (Wildman–Crippen MR) is 103 cm³/mol. The molecule has 128 valence electrons. The molecule has 2 aliphatic rings. The lowest BCUT2D eigenvalue weighted by Gasteiger charge is -2.32. The molecule has 9 heteroatoms. The largest absolute Gasteiger partial charge is 0.366 e. The molecular formula is C15H19ClIN7. The van der Waals surface area contributed by atoms with E-state index >= 15 is 0 Å². The maximum Gasteiger partial charge on any atom is 0.229 e. The lowest BCUT2D eigenvalue weighted by atomic mass is 9.79. The molecule has 3 atom stereocenters. The topological polar surface area (TPSA) is 79.7 Å². The van der Waals surface area contributed by atoms with Crippen LogP contribution in [0.5, 0.6) is 0 Å². The quantitative estimate of drug-likeness (QED) is 0.610. The first-order chi connectivity index (χ1) is 11.7. The highest BCUT2D eigenvalue weighted by molar-refractivity contribution is 14.1. The molecule has 1 saturated carbocycles. The normalized spacial score (nSPS) is 26.2. The summed E-state index contributed by atoms with van der Waals surface area (Å²) >= 11 is 8.38. The second-order valence-corrected chi connectivity index (χ2v) is 7.86. The van der Waals surface area contributed by atoms with Gasteiger partial charge in [0, 0.05) is 6.04 Å². The molecule has 3 N–H and O–H groups in total. The summed E-state index contributed by atoms with van der Waals surface area (Å²) in [6.45, 7) is 2.30. The summed E-state index contributed by atoms with van der Waals surface area (Å²) < 4.78 is 1.70. The third kappa shape index (κ3) is 3.60. The van der Waals surface area contributed by atoms with Crippen molar-refractivity contribution in [2.45, 2.75) is 25.3 Å². The van der Waals surface area contributed by atoms with E-state index in [1.807, 2.05) is 6.20 Å². The minimum atomic E-state index is 0.420. The summed E-state index contributed by atoms with van der Waals surface area (Å²) in [7, 11) is 0. The van der Waals surface area contributed by atoms with Crippen molar-refractivity contribution >= 4 is 51.9 Å². The number of hydrogen-bond acceptors (Lipinski definition) is 6. The molecule has 7 nitrogen and oxygen atoms in total. The van der Waals surface area contributed by atoms with Gasteiger partial charge < -0.3 is 16.0 Å². The molecule has 0 amide bonds.